The summed E-state index contributed by atoms with van der Waals surface area (Å²) in [6.07, 6.45) is 1.89. The largest absolute Gasteiger partial charge is 0.507 e. The fourth-order valence-corrected chi connectivity index (χ4v) is 5.82. The average Bonchev–Trinajstić information content (AvgIpc) is 3.19. The highest BCUT2D eigenvalue weighted by Gasteiger charge is 2.42. The minimum atomic E-state index is -0.706. The summed E-state index contributed by atoms with van der Waals surface area (Å²) in [7, 11) is 0. The highest BCUT2D eigenvalue weighted by molar-refractivity contribution is 6.35. The lowest BCUT2D eigenvalue weighted by Crippen LogP contribution is -2.57. The molecule has 1 unspecified atom stereocenters. The highest BCUT2D eigenvalue weighted by atomic mass is 35.5. The number of benzene rings is 1. The molecule has 0 aliphatic carbocycles. The van der Waals surface area contributed by atoms with Gasteiger partial charge in [-0.3, -0.25) is 9.59 Å². The van der Waals surface area contributed by atoms with Crippen molar-refractivity contribution >= 4 is 29.2 Å². The fourth-order valence-electron chi connectivity index (χ4n) is 5.53. The third-order valence-corrected chi connectivity index (χ3v) is 7.73. The number of phenolic OH excluding ortho intramolecular Hbond substituents is 1. The predicted octanol–water partition coefficient (Wildman–Crippen LogP) is 3.48. The Bertz CT molecular complexity index is 1270. The lowest BCUT2D eigenvalue weighted by atomic mass is 10.0. The van der Waals surface area contributed by atoms with Crippen molar-refractivity contribution in [1.82, 2.24) is 14.8 Å². The molecule has 2 aromatic rings. The molecule has 1 aromatic carbocycles. The molecule has 3 aliphatic rings. The van der Waals surface area contributed by atoms with Gasteiger partial charge in [0, 0.05) is 38.8 Å². The molecule has 0 spiro atoms. The summed E-state index contributed by atoms with van der Waals surface area (Å²) in [5.41, 5.74) is -0.000633. The van der Waals surface area contributed by atoms with Gasteiger partial charge in [-0.2, -0.15) is 0 Å². The molecule has 11 heteroatoms. The number of hydrogen-bond acceptors (Lipinski definition) is 7. The van der Waals surface area contributed by atoms with Gasteiger partial charge in [0.2, 0.25) is 5.91 Å². The van der Waals surface area contributed by atoms with Crippen LogP contribution in [0.25, 0.3) is 11.3 Å². The minimum Gasteiger partial charge on any atom is -0.507 e. The van der Waals surface area contributed by atoms with E-state index in [0.29, 0.717) is 38.5 Å². The van der Waals surface area contributed by atoms with E-state index in [2.05, 4.69) is 6.58 Å². The number of pyridine rings is 1. The number of piperazine rings is 1. The first kappa shape index (κ1) is 26.2. The van der Waals surface area contributed by atoms with Gasteiger partial charge in [0.25, 0.3) is 5.91 Å². The SMILES string of the molecule is C=CC(=O)N1CCN2C(=O)c3c(N4C[C@@H](OCC)C[C@@H]4C)nc(-c4c(O)cccc4F)c(Cl)c3OCC2C1. The second-order valence-corrected chi connectivity index (χ2v) is 10.1. The molecule has 0 radical (unpaired) electrons. The topological polar surface area (TPSA) is 95.4 Å². The number of carbonyl (C=O) groups is 2. The summed E-state index contributed by atoms with van der Waals surface area (Å²) in [4.78, 5) is 36.3. The Morgan fingerprint density at radius 2 is 2.11 bits per heavy atom. The van der Waals surface area contributed by atoms with E-state index >= 15 is 0 Å². The number of anilines is 1. The number of carbonyl (C=O) groups excluding carboxylic acids is 2. The van der Waals surface area contributed by atoms with Crippen molar-refractivity contribution in [2.75, 3.05) is 44.3 Å². The summed E-state index contributed by atoms with van der Waals surface area (Å²) >= 11 is 6.78. The number of aromatic nitrogens is 1. The molecule has 5 rings (SSSR count). The van der Waals surface area contributed by atoms with Crippen LogP contribution in [0, 0.1) is 5.82 Å². The van der Waals surface area contributed by atoms with Gasteiger partial charge in [-0.1, -0.05) is 24.2 Å². The van der Waals surface area contributed by atoms with Crippen LogP contribution in [0.5, 0.6) is 11.5 Å². The summed E-state index contributed by atoms with van der Waals surface area (Å²) < 4.78 is 27.0. The van der Waals surface area contributed by atoms with Crippen molar-refractivity contribution in [2.45, 2.75) is 38.5 Å². The van der Waals surface area contributed by atoms with Gasteiger partial charge < -0.3 is 29.3 Å². The molecule has 1 N–H and O–H groups in total. The van der Waals surface area contributed by atoms with Crippen LogP contribution in [0.1, 0.15) is 30.6 Å². The van der Waals surface area contributed by atoms with Gasteiger partial charge in [-0.05, 0) is 38.5 Å². The van der Waals surface area contributed by atoms with Crippen LogP contribution in [-0.2, 0) is 9.53 Å². The second kappa shape index (κ2) is 10.4. The monoisotopic (exact) mass is 544 g/mol. The first-order chi connectivity index (χ1) is 18.2. The van der Waals surface area contributed by atoms with Crippen LogP contribution in [0.2, 0.25) is 5.02 Å². The Morgan fingerprint density at radius 1 is 1.32 bits per heavy atom. The minimum absolute atomic E-state index is 0.0146. The van der Waals surface area contributed by atoms with Gasteiger partial charge in [-0.25, -0.2) is 9.37 Å². The Labute approximate surface area is 225 Å². The van der Waals surface area contributed by atoms with E-state index in [1.807, 2.05) is 18.7 Å². The van der Waals surface area contributed by atoms with E-state index in [1.54, 1.807) is 9.80 Å². The molecule has 0 bridgehead atoms. The van der Waals surface area contributed by atoms with Crippen LogP contribution in [0.15, 0.2) is 30.9 Å². The fraction of sp³-hybridized carbons (Fsp3) is 0.444. The third-order valence-electron chi connectivity index (χ3n) is 7.38. The summed E-state index contributed by atoms with van der Waals surface area (Å²) in [6.45, 7) is 9.50. The molecule has 1 aromatic heterocycles. The zero-order valence-electron chi connectivity index (χ0n) is 21.3. The Morgan fingerprint density at radius 3 is 2.82 bits per heavy atom. The summed E-state index contributed by atoms with van der Waals surface area (Å²) in [5, 5.41) is 10.5. The predicted molar refractivity (Wildman–Crippen MR) is 140 cm³/mol. The Kier molecular flexibility index (Phi) is 7.19. The molecule has 2 saturated heterocycles. The van der Waals surface area contributed by atoms with Crippen LogP contribution in [-0.4, -0.2) is 89.3 Å². The molecular weight excluding hydrogens is 515 g/mol. The van der Waals surface area contributed by atoms with Crippen LogP contribution in [0.3, 0.4) is 0 Å². The number of rotatable bonds is 5. The molecule has 2 fully saturated rings. The van der Waals surface area contributed by atoms with Crippen LogP contribution in [0.4, 0.5) is 10.2 Å². The molecule has 202 valence electrons. The molecule has 3 aliphatic heterocycles. The number of amides is 2. The number of phenols is 1. The van der Waals surface area contributed by atoms with Gasteiger partial charge in [0.1, 0.15) is 40.3 Å². The van der Waals surface area contributed by atoms with Crippen molar-refractivity contribution in [1.29, 1.82) is 0 Å². The highest BCUT2D eigenvalue weighted by Crippen LogP contribution is 2.47. The molecule has 4 heterocycles. The van der Waals surface area contributed by atoms with E-state index < -0.39 is 11.9 Å². The smallest absolute Gasteiger partial charge is 0.261 e. The first-order valence-electron chi connectivity index (χ1n) is 12.7. The van der Waals surface area contributed by atoms with E-state index in [9.17, 15) is 19.1 Å². The van der Waals surface area contributed by atoms with E-state index in [4.69, 9.17) is 26.1 Å². The maximum absolute atomic E-state index is 15.0. The molecule has 9 nitrogen and oxygen atoms in total. The summed E-state index contributed by atoms with van der Waals surface area (Å²) in [6, 6.07) is 3.48. The Hall–Kier alpha value is -3.37. The van der Waals surface area contributed by atoms with E-state index in [1.165, 1.54) is 24.3 Å². The van der Waals surface area contributed by atoms with Gasteiger partial charge in [0.15, 0.2) is 5.75 Å². The lowest BCUT2D eigenvalue weighted by molar-refractivity contribution is -0.128. The molecule has 0 saturated carbocycles. The number of halogens is 2. The van der Waals surface area contributed by atoms with Gasteiger partial charge >= 0.3 is 0 Å². The molecule has 38 heavy (non-hydrogen) atoms. The van der Waals surface area contributed by atoms with Crippen molar-refractivity contribution in [2.24, 2.45) is 0 Å². The van der Waals surface area contributed by atoms with Crippen molar-refractivity contribution < 1.29 is 28.6 Å². The first-order valence-corrected chi connectivity index (χ1v) is 13.1. The number of nitrogens with zero attached hydrogens (tertiary/aromatic N) is 4. The van der Waals surface area contributed by atoms with E-state index in [0.717, 1.165) is 0 Å². The number of ether oxygens (including phenoxy) is 2. The summed E-state index contributed by atoms with van der Waals surface area (Å²) in [5.74, 6) is -1.20. The molecule has 2 amide bonds. The third kappa shape index (κ3) is 4.45. The van der Waals surface area contributed by atoms with Crippen LogP contribution < -0.4 is 9.64 Å². The number of hydrogen-bond donors (Lipinski definition) is 1. The van der Waals surface area contributed by atoms with Gasteiger partial charge in [-0.15, -0.1) is 0 Å². The van der Waals surface area contributed by atoms with Crippen molar-refractivity contribution in [3.8, 4) is 22.8 Å². The van der Waals surface area contributed by atoms with Crippen LogP contribution >= 0.6 is 11.6 Å². The van der Waals surface area contributed by atoms with E-state index in [-0.39, 0.29) is 70.5 Å². The maximum Gasteiger partial charge on any atom is 0.261 e. The average molecular weight is 545 g/mol. The number of fused-ring (bicyclic) bond motifs is 2. The second-order valence-electron chi connectivity index (χ2n) is 9.70. The molecule has 3 atom stereocenters. The molecular formula is C27H30ClFN4O5. The zero-order chi connectivity index (χ0) is 27.1. The Balaban J connectivity index is 1.66. The zero-order valence-corrected chi connectivity index (χ0v) is 22.1. The van der Waals surface area contributed by atoms with Crippen molar-refractivity contribution in [3.05, 3.63) is 47.3 Å². The maximum atomic E-state index is 15.0. The normalized spacial score (nSPS) is 23.0. The standard InChI is InChI=1S/C27H30ClFN4O5/c1-4-20(35)31-9-10-32-16(12-31)14-38-25-22(27(32)36)26(33-13-17(37-5-2)11-15(33)3)30-24(23(25)28)21-18(29)7-6-8-19(21)34/h4,6-8,15-17,34H,1,5,9-14H2,2-3H3/t15-,16?,17-/m0/s1. The van der Waals surface area contributed by atoms with Crippen molar-refractivity contribution in [3.63, 3.8) is 0 Å². The lowest BCUT2D eigenvalue weighted by Gasteiger charge is -2.39. The quantitative estimate of drug-likeness (QED) is 0.576. The number of aromatic hydroxyl groups is 1. The van der Waals surface area contributed by atoms with Gasteiger partial charge in [0.05, 0.1) is 17.7 Å².